The zero-order valence-electron chi connectivity index (χ0n) is 7.27. The Morgan fingerprint density at radius 1 is 1.71 bits per heavy atom. The van der Waals surface area contributed by atoms with E-state index in [0.717, 1.165) is 0 Å². The minimum atomic E-state index is -0.898. The van der Waals surface area contributed by atoms with Crippen LogP contribution in [0.1, 0.15) is 12.0 Å². The van der Waals surface area contributed by atoms with E-state index in [0.29, 0.717) is 11.4 Å². The van der Waals surface area contributed by atoms with Gasteiger partial charge in [0, 0.05) is 6.54 Å². The highest BCUT2D eigenvalue weighted by molar-refractivity contribution is 5.67. The number of nitrogens with zero attached hydrogens (tertiary/aromatic N) is 3. The van der Waals surface area contributed by atoms with Crippen molar-refractivity contribution in [2.45, 2.75) is 6.42 Å². The molecule has 0 aliphatic heterocycles. The summed E-state index contributed by atoms with van der Waals surface area (Å²) in [5.41, 5.74) is 0.304. The SMILES string of the molecule is N#Cc1cncnc1NCCC(=O)O. The fourth-order valence-corrected chi connectivity index (χ4v) is 0.840. The molecule has 6 nitrogen and oxygen atoms in total. The summed E-state index contributed by atoms with van der Waals surface area (Å²) in [6.45, 7) is 0.237. The molecule has 0 spiro atoms. The fourth-order valence-electron chi connectivity index (χ4n) is 0.840. The number of nitriles is 1. The predicted octanol–water partition coefficient (Wildman–Crippen LogP) is 0.235. The third-order valence-electron chi connectivity index (χ3n) is 1.46. The van der Waals surface area contributed by atoms with Gasteiger partial charge in [0.2, 0.25) is 0 Å². The fraction of sp³-hybridized carbons (Fsp3) is 0.250. The lowest BCUT2D eigenvalue weighted by Gasteiger charge is -2.03. The number of carbonyl (C=O) groups is 1. The Balaban J connectivity index is 2.59. The van der Waals surface area contributed by atoms with Gasteiger partial charge in [-0.15, -0.1) is 0 Å². The van der Waals surface area contributed by atoms with Crippen LogP contribution in [0.2, 0.25) is 0 Å². The summed E-state index contributed by atoms with van der Waals surface area (Å²) in [6, 6.07) is 1.90. The lowest BCUT2D eigenvalue weighted by atomic mass is 10.3. The molecule has 6 heteroatoms. The highest BCUT2D eigenvalue weighted by Gasteiger charge is 2.02. The average Bonchev–Trinajstić information content (AvgIpc) is 2.18. The normalized spacial score (nSPS) is 9.07. The van der Waals surface area contributed by atoms with Gasteiger partial charge in [0.25, 0.3) is 0 Å². The molecule has 1 heterocycles. The molecule has 1 aromatic heterocycles. The van der Waals surface area contributed by atoms with Gasteiger partial charge in [-0.25, -0.2) is 9.97 Å². The van der Waals surface area contributed by atoms with Crippen LogP contribution in [0, 0.1) is 11.3 Å². The minimum Gasteiger partial charge on any atom is -0.481 e. The van der Waals surface area contributed by atoms with Crippen LogP contribution in [-0.4, -0.2) is 27.6 Å². The second-order valence-electron chi connectivity index (χ2n) is 2.47. The van der Waals surface area contributed by atoms with Crippen LogP contribution in [0.4, 0.5) is 5.82 Å². The molecule has 2 N–H and O–H groups in total. The van der Waals surface area contributed by atoms with Gasteiger partial charge in [0.15, 0.2) is 0 Å². The first-order valence-electron chi connectivity index (χ1n) is 3.90. The molecule has 1 aromatic rings. The largest absolute Gasteiger partial charge is 0.481 e. The molecule has 1 rings (SSSR count). The quantitative estimate of drug-likeness (QED) is 0.708. The Morgan fingerprint density at radius 2 is 2.50 bits per heavy atom. The summed E-state index contributed by atoms with van der Waals surface area (Å²) < 4.78 is 0. The third kappa shape index (κ3) is 2.71. The molecule has 0 radical (unpaired) electrons. The van der Waals surface area contributed by atoms with E-state index in [2.05, 4.69) is 15.3 Å². The summed E-state index contributed by atoms with van der Waals surface area (Å²) in [5, 5.41) is 19.8. The van der Waals surface area contributed by atoms with Gasteiger partial charge in [-0.1, -0.05) is 0 Å². The van der Waals surface area contributed by atoms with E-state index in [9.17, 15) is 4.79 Å². The monoisotopic (exact) mass is 192 g/mol. The van der Waals surface area contributed by atoms with Gasteiger partial charge in [0.05, 0.1) is 12.6 Å². The molecule has 0 saturated heterocycles. The Morgan fingerprint density at radius 3 is 3.14 bits per heavy atom. The molecule has 0 atom stereocenters. The lowest BCUT2D eigenvalue weighted by molar-refractivity contribution is -0.136. The van der Waals surface area contributed by atoms with Gasteiger partial charge in [-0.05, 0) is 0 Å². The van der Waals surface area contributed by atoms with E-state index in [-0.39, 0.29) is 13.0 Å². The molecule has 14 heavy (non-hydrogen) atoms. The van der Waals surface area contributed by atoms with E-state index >= 15 is 0 Å². The van der Waals surface area contributed by atoms with Gasteiger partial charge in [-0.2, -0.15) is 5.26 Å². The topological polar surface area (TPSA) is 98.9 Å². The summed E-state index contributed by atoms with van der Waals surface area (Å²) in [4.78, 5) is 17.7. The maximum Gasteiger partial charge on any atom is 0.305 e. The number of nitrogens with one attached hydrogen (secondary N) is 1. The smallest absolute Gasteiger partial charge is 0.305 e. The number of carboxylic acids is 1. The van der Waals surface area contributed by atoms with Crippen molar-refractivity contribution in [3.63, 3.8) is 0 Å². The van der Waals surface area contributed by atoms with Crippen LogP contribution in [0.15, 0.2) is 12.5 Å². The average molecular weight is 192 g/mol. The van der Waals surface area contributed by atoms with E-state index in [4.69, 9.17) is 10.4 Å². The molecule has 72 valence electrons. The van der Waals surface area contributed by atoms with Crippen molar-refractivity contribution in [1.82, 2.24) is 9.97 Å². The van der Waals surface area contributed by atoms with Crippen LogP contribution < -0.4 is 5.32 Å². The van der Waals surface area contributed by atoms with Crippen LogP contribution in [0.3, 0.4) is 0 Å². The molecule has 0 aromatic carbocycles. The molecular weight excluding hydrogens is 184 g/mol. The van der Waals surface area contributed by atoms with Crippen LogP contribution in [-0.2, 0) is 4.79 Å². The summed E-state index contributed by atoms with van der Waals surface area (Å²) in [7, 11) is 0. The number of aromatic nitrogens is 2. The van der Waals surface area contributed by atoms with Crippen molar-refractivity contribution in [2.75, 3.05) is 11.9 Å². The first-order chi connectivity index (χ1) is 6.74. The summed E-state index contributed by atoms with van der Waals surface area (Å²) in [6.07, 6.45) is 2.65. The van der Waals surface area contributed by atoms with Crippen molar-refractivity contribution < 1.29 is 9.90 Å². The Labute approximate surface area is 80.2 Å². The molecule has 0 saturated carbocycles. The minimum absolute atomic E-state index is 0.0190. The molecule has 0 aliphatic rings. The standard InChI is InChI=1S/C8H8N4O2/c9-3-6-4-10-5-12-8(6)11-2-1-7(13)14/h4-5H,1-2H2,(H,13,14)(H,10,11,12). The highest BCUT2D eigenvalue weighted by Crippen LogP contribution is 2.07. The molecule has 0 fully saturated rings. The Bertz CT molecular complexity index is 372. The van der Waals surface area contributed by atoms with Crippen molar-refractivity contribution in [3.8, 4) is 6.07 Å². The number of hydrogen-bond donors (Lipinski definition) is 2. The van der Waals surface area contributed by atoms with E-state index in [1.807, 2.05) is 6.07 Å². The van der Waals surface area contributed by atoms with Gasteiger partial charge >= 0.3 is 5.97 Å². The molecular formula is C8H8N4O2. The maximum atomic E-state index is 10.2. The number of rotatable bonds is 4. The maximum absolute atomic E-state index is 10.2. The Hall–Kier alpha value is -2.16. The van der Waals surface area contributed by atoms with Crippen molar-refractivity contribution >= 4 is 11.8 Å². The molecule has 0 bridgehead atoms. The van der Waals surface area contributed by atoms with Crippen molar-refractivity contribution in [3.05, 3.63) is 18.1 Å². The van der Waals surface area contributed by atoms with Crippen molar-refractivity contribution in [2.24, 2.45) is 0 Å². The Kier molecular flexibility index (Phi) is 3.38. The highest BCUT2D eigenvalue weighted by atomic mass is 16.4. The second-order valence-corrected chi connectivity index (χ2v) is 2.47. The predicted molar refractivity (Wildman–Crippen MR) is 47.5 cm³/mol. The zero-order valence-corrected chi connectivity index (χ0v) is 7.27. The second kappa shape index (κ2) is 4.77. The number of hydrogen-bond acceptors (Lipinski definition) is 5. The number of anilines is 1. The van der Waals surface area contributed by atoms with Crippen molar-refractivity contribution in [1.29, 1.82) is 5.26 Å². The van der Waals surface area contributed by atoms with Gasteiger partial charge in [-0.3, -0.25) is 4.79 Å². The van der Waals surface area contributed by atoms with Crippen LogP contribution >= 0.6 is 0 Å². The van der Waals surface area contributed by atoms with Crippen LogP contribution in [0.5, 0.6) is 0 Å². The number of aliphatic carboxylic acids is 1. The van der Waals surface area contributed by atoms with Crippen LogP contribution in [0.25, 0.3) is 0 Å². The first kappa shape index (κ1) is 9.92. The molecule has 0 aliphatic carbocycles. The lowest BCUT2D eigenvalue weighted by Crippen LogP contribution is -2.09. The third-order valence-corrected chi connectivity index (χ3v) is 1.46. The van der Waals surface area contributed by atoms with E-state index < -0.39 is 5.97 Å². The zero-order chi connectivity index (χ0) is 10.4. The number of carboxylic acid groups (broad SMARTS) is 1. The molecule has 0 amide bonds. The molecule has 0 unspecified atom stereocenters. The summed E-state index contributed by atoms with van der Waals surface area (Å²) >= 11 is 0. The van der Waals surface area contributed by atoms with E-state index in [1.165, 1.54) is 12.5 Å². The van der Waals surface area contributed by atoms with E-state index in [1.54, 1.807) is 0 Å². The van der Waals surface area contributed by atoms with Gasteiger partial charge < -0.3 is 10.4 Å². The first-order valence-corrected chi connectivity index (χ1v) is 3.90. The summed E-state index contributed by atoms with van der Waals surface area (Å²) in [5.74, 6) is -0.534. The van der Waals surface area contributed by atoms with Gasteiger partial charge in [0.1, 0.15) is 23.8 Å².